The molecule has 28 heavy (non-hydrogen) atoms. The third kappa shape index (κ3) is 2.91. The zero-order chi connectivity index (χ0) is 19.3. The maximum atomic E-state index is 14.5. The van der Waals surface area contributed by atoms with Crippen molar-refractivity contribution in [2.75, 3.05) is 13.1 Å². The van der Waals surface area contributed by atoms with Crippen LogP contribution in [0.15, 0.2) is 41.5 Å². The normalized spacial score (nSPS) is 15.5. The zero-order valence-electron chi connectivity index (χ0n) is 15.4. The molecule has 0 aliphatic carbocycles. The Labute approximate surface area is 164 Å². The summed E-state index contributed by atoms with van der Waals surface area (Å²) in [5.74, 6) is -0.328. The Morgan fingerprint density at radius 3 is 2.82 bits per heavy atom. The molecule has 0 saturated carbocycles. The molecule has 3 heterocycles. The third-order valence-corrected chi connectivity index (χ3v) is 6.29. The molecule has 1 saturated heterocycles. The highest BCUT2D eigenvalue weighted by Gasteiger charge is 2.18. The Balaban J connectivity index is 1.59. The Morgan fingerprint density at radius 2 is 2.00 bits per heavy atom. The number of hydrogen-bond acceptors (Lipinski definition) is 5. The Bertz CT molecular complexity index is 1260. The molecule has 1 aliphatic rings. The summed E-state index contributed by atoms with van der Waals surface area (Å²) < 4.78 is 17.0. The van der Waals surface area contributed by atoms with Gasteiger partial charge in [0.2, 0.25) is 0 Å². The van der Waals surface area contributed by atoms with Crippen molar-refractivity contribution in [2.45, 2.75) is 25.8 Å². The number of hydrogen-bond donors (Lipinski definition) is 1. The van der Waals surface area contributed by atoms with E-state index < -0.39 is 0 Å². The minimum absolute atomic E-state index is 0.0110. The second-order valence-electron chi connectivity index (χ2n) is 7.21. The van der Waals surface area contributed by atoms with Gasteiger partial charge < -0.3 is 5.32 Å². The van der Waals surface area contributed by atoms with Crippen LogP contribution in [0.4, 0.5) is 4.39 Å². The Hall–Kier alpha value is -2.64. The number of thiazole rings is 1. The zero-order valence-corrected chi connectivity index (χ0v) is 16.2. The average Bonchev–Trinajstić information content (AvgIpc) is 3.09. The first-order valence-corrected chi connectivity index (χ1v) is 10.2. The number of aromatic nitrogens is 3. The van der Waals surface area contributed by atoms with Crippen LogP contribution in [0.3, 0.4) is 0 Å². The SMILES string of the molecule is Cc1nc2c(F)cc(-c3ccc4c(=O)n(C5CCNCC5)cnc4c3)cc2s1. The number of nitrogens with one attached hydrogen (secondary N) is 1. The maximum Gasteiger partial charge on any atom is 0.261 e. The quantitative estimate of drug-likeness (QED) is 0.557. The molecule has 0 spiro atoms. The predicted octanol–water partition coefficient (Wildman–Crippen LogP) is 4.05. The molecule has 0 bridgehead atoms. The fourth-order valence-electron chi connectivity index (χ4n) is 3.93. The molecule has 1 N–H and O–H groups in total. The minimum Gasteiger partial charge on any atom is -0.317 e. The lowest BCUT2D eigenvalue weighted by Gasteiger charge is -2.24. The van der Waals surface area contributed by atoms with Gasteiger partial charge in [0.1, 0.15) is 5.52 Å². The standard InChI is InChI=1S/C21H19FN4OS/c1-12-25-20-17(22)8-14(10-19(20)28-12)13-2-3-16-18(9-13)24-11-26(21(16)27)15-4-6-23-7-5-15/h2-3,8-11,15,23H,4-7H2,1H3. The van der Waals surface area contributed by atoms with Crippen LogP contribution < -0.4 is 10.9 Å². The summed E-state index contributed by atoms with van der Waals surface area (Å²) in [5.41, 5.74) is 2.64. The number of piperidine rings is 1. The Morgan fingerprint density at radius 1 is 1.18 bits per heavy atom. The van der Waals surface area contributed by atoms with Crippen LogP contribution in [0.25, 0.3) is 32.2 Å². The van der Waals surface area contributed by atoms with Crippen molar-refractivity contribution in [3.8, 4) is 11.1 Å². The highest BCUT2D eigenvalue weighted by atomic mass is 32.1. The maximum absolute atomic E-state index is 14.5. The lowest BCUT2D eigenvalue weighted by Crippen LogP contribution is -2.34. The van der Waals surface area contributed by atoms with Gasteiger partial charge in [0, 0.05) is 6.04 Å². The van der Waals surface area contributed by atoms with Crippen molar-refractivity contribution < 1.29 is 4.39 Å². The smallest absolute Gasteiger partial charge is 0.261 e. The molecule has 1 aliphatic heterocycles. The van der Waals surface area contributed by atoms with Gasteiger partial charge in [-0.05, 0) is 68.2 Å². The summed E-state index contributed by atoms with van der Waals surface area (Å²) in [6.45, 7) is 3.70. The molecule has 2 aromatic heterocycles. The first kappa shape index (κ1) is 17.5. The molecule has 5 rings (SSSR count). The van der Waals surface area contributed by atoms with E-state index in [0.29, 0.717) is 16.4 Å². The van der Waals surface area contributed by atoms with Crippen molar-refractivity contribution in [2.24, 2.45) is 0 Å². The first-order valence-electron chi connectivity index (χ1n) is 9.39. The molecule has 7 heteroatoms. The highest BCUT2D eigenvalue weighted by Crippen LogP contribution is 2.31. The van der Waals surface area contributed by atoms with E-state index in [9.17, 15) is 9.18 Å². The molecular weight excluding hydrogens is 375 g/mol. The summed E-state index contributed by atoms with van der Waals surface area (Å²) in [5, 5.41) is 4.75. The number of aryl methyl sites for hydroxylation is 1. The third-order valence-electron chi connectivity index (χ3n) is 5.37. The van der Waals surface area contributed by atoms with Crippen LogP contribution in [-0.4, -0.2) is 27.6 Å². The summed E-state index contributed by atoms with van der Waals surface area (Å²) in [6.07, 6.45) is 3.51. The second kappa shape index (κ2) is 6.76. The van der Waals surface area contributed by atoms with Gasteiger partial charge in [-0.15, -0.1) is 11.3 Å². The van der Waals surface area contributed by atoms with Crippen LogP contribution >= 0.6 is 11.3 Å². The van der Waals surface area contributed by atoms with Crippen LogP contribution in [0.5, 0.6) is 0 Å². The van der Waals surface area contributed by atoms with Gasteiger partial charge >= 0.3 is 0 Å². The summed E-state index contributed by atoms with van der Waals surface area (Å²) in [6, 6.07) is 9.17. The van der Waals surface area contributed by atoms with E-state index in [1.807, 2.05) is 25.1 Å². The number of fused-ring (bicyclic) bond motifs is 2. The molecular formula is C21H19FN4OS. The summed E-state index contributed by atoms with van der Waals surface area (Å²) in [7, 11) is 0. The van der Waals surface area contributed by atoms with E-state index in [1.165, 1.54) is 17.4 Å². The minimum atomic E-state index is -0.328. The van der Waals surface area contributed by atoms with E-state index in [4.69, 9.17) is 0 Å². The lowest BCUT2D eigenvalue weighted by atomic mass is 10.0. The topological polar surface area (TPSA) is 59.8 Å². The molecule has 142 valence electrons. The van der Waals surface area contributed by atoms with Gasteiger partial charge in [0.25, 0.3) is 5.56 Å². The van der Waals surface area contributed by atoms with Gasteiger partial charge in [0.15, 0.2) is 5.82 Å². The molecule has 1 fully saturated rings. The van der Waals surface area contributed by atoms with E-state index >= 15 is 0 Å². The number of rotatable bonds is 2. The second-order valence-corrected chi connectivity index (χ2v) is 8.44. The number of halogens is 1. The molecule has 4 aromatic rings. The molecule has 0 amide bonds. The van der Waals surface area contributed by atoms with Crippen LogP contribution in [0, 0.1) is 12.7 Å². The van der Waals surface area contributed by atoms with Crippen LogP contribution in [-0.2, 0) is 0 Å². The summed E-state index contributed by atoms with van der Waals surface area (Å²) in [4.78, 5) is 21.7. The first-order chi connectivity index (χ1) is 13.6. The van der Waals surface area contributed by atoms with Gasteiger partial charge in [-0.25, -0.2) is 14.4 Å². The van der Waals surface area contributed by atoms with Crippen LogP contribution in [0.1, 0.15) is 23.9 Å². The molecule has 5 nitrogen and oxygen atoms in total. The Kier molecular flexibility index (Phi) is 4.21. The fourth-order valence-corrected chi connectivity index (χ4v) is 4.81. The van der Waals surface area contributed by atoms with E-state index in [-0.39, 0.29) is 17.4 Å². The van der Waals surface area contributed by atoms with Crippen molar-refractivity contribution in [1.82, 2.24) is 19.9 Å². The molecule has 0 atom stereocenters. The largest absolute Gasteiger partial charge is 0.317 e. The van der Waals surface area contributed by atoms with Gasteiger partial charge in [-0.2, -0.15) is 0 Å². The highest BCUT2D eigenvalue weighted by molar-refractivity contribution is 7.18. The van der Waals surface area contributed by atoms with E-state index in [1.54, 1.807) is 17.0 Å². The predicted molar refractivity (Wildman–Crippen MR) is 110 cm³/mol. The molecule has 0 unspecified atom stereocenters. The monoisotopic (exact) mass is 394 g/mol. The van der Waals surface area contributed by atoms with Crippen LogP contribution in [0.2, 0.25) is 0 Å². The van der Waals surface area contributed by atoms with Crippen molar-refractivity contribution in [3.05, 3.63) is 57.8 Å². The lowest BCUT2D eigenvalue weighted by molar-refractivity contribution is 0.359. The number of nitrogens with zero attached hydrogens (tertiary/aromatic N) is 3. The molecule has 2 aromatic carbocycles. The van der Waals surface area contributed by atoms with Gasteiger partial charge in [-0.1, -0.05) is 6.07 Å². The van der Waals surface area contributed by atoms with E-state index in [0.717, 1.165) is 46.8 Å². The van der Waals surface area contributed by atoms with Crippen molar-refractivity contribution in [1.29, 1.82) is 0 Å². The van der Waals surface area contributed by atoms with Crippen molar-refractivity contribution in [3.63, 3.8) is 0 Å². The average molecular weight is 394 g/mol. The van der Waals surface area contributed by atoms with Gasteiger partial charge in [-0.3, -0.25) is 9.36 Å². The van der Waals surface area contributed by atoms with E-state index in [2.05, 4.69) is 15.3 Å². The van der Waals surface area contributed by atoms with Gasteiger partial charge in [0.05, 0.1) is 26.9 Å². The van der Waals surface area contributed by atoms with Crippen molar-refractivity contribution >= 4 is 32.5 Å². The fraction of sp³-hybridized carbons (Fsp3) is 0.286. The number of benzene rings is 2. The summed E-state index contributed by atoms with van der Waals surface area (Å²) >= 11 is 1.47. The molecule has 0 radical (unpaired) electrons.